The van der Waals surface area contributed by atoms with Crippen LogP contribution in [0, 0.1) is 5.92 Å². The molecule has 0 atom stereocenters. The molecule has 0 amide bonds. The lowest BCUT2D eigenvalue weighted by Crippen LogP contribution is -2.23. The molecule has 0 saturated heterocycles. The van der Waals surface area contributed by atoms with Gasteiger partial charge < -0.3 is 14.8 Å². The summed E-state index contributed by atoms with van der Waals surface area (Å²) in [6, 6.07) is 8.92. The van der Waals surface area contributed by atoms with Crippen LogP contribution in [0.2, 0.25) is 0 Å². The van der Waals surface area contributed by atoms with E-state index in [1.165, 1.54) is 11.1 Å². The summed E-state index contributed by atoms with van der Waals surface area (Å²) in [6.45, 7) is 8.58. The van der Waals surface area contributed by atoms with E-state index < -0.39 is 0 Å². The number of hydrogen-bond donors (Lipinski definition) is 1. The second-order valence-electron chi connectivity index (χ2n) is 5.52. The van der Waals surface area contributed by atoms with Crippen LogP contribution < -0.4 is 5.32 Å². The molecule has 0 aliphatic heterocycles. The second-order valence-corrected chi connectivity index (χ2v) is 5.52. The molecule has 0 bridgehead atoms. The van der Waals surface area contributed by atoms with Gasteiger partial charge in [-0.25, -0.2) is 0 Å². The highest BCUT2D eigenvalue weighted by Crippen LogP contribution is 2.10. The highest BCUT2D eigenvalue weighted by Gasteiger charge is 1.98. The van der Waals surface area contributed by atoms with Crippen LogP contribution >= 0.6 is 0 Å². The minimum absolute atomic E-state index is 0.717. The third-order valence-electron chi connectivity index (χ3n) is 3.11. The Morgan fingerprint density at radius 3 is 2.25 bits per heavy atom. The molecule has 0 aliphatic rings. The first-order valence-electron chi connectivity index (χ1n) is 7.57. The molecule has 0 aromatic heterocycles. The summed E-state index contributed by atoms with van der Waals surface area (Å²) in [5.41, 5.74) is 2.77. The minimum Gasteiger partial charge on any atom is -0.383 e. The van der Waals surface area contributed by atoms with Crippen molar-refractivity contribution in [3.63, 3.8) is 0 Å². The SMILES string of the molecule is COCCNCCOCCc1ccc(CC(C)C)cc1. The van der Waals surface area contributed by atoms with Crippen LogP contribution in [0.15, 0.2) is 24.3 Å². The van der Waals surface area contributed by atoms with Gasteiger partial charge in [0.25, 0.3) is 0 Å². The quantitative estimate of drug-likeness (QED) is 0.632. The van der Waals surface area contributed by atoms with E-state index in [2.05, 4.69) is 43.4 Å². The first-order chi connectivity index (χ1) is 9.72. The molecule has 0 heterocycles. The molecule has 1 N–H and O–H groups in total. The van der Waals surface area contributed by atoms with Crippen molar-refractivity contribution in [1.82, 2.24) is 5.32 Å². The lowest BCUT2D eigenvalue weighted by atomic mass is 10.0. The smallest absolute Gasteiger partial charge is 0.0591 e. The van der Waals surface area contributed by atoms with Gasteiger partial charge in [0.05, 0.1) is 19.8 Å². The maximum absolute atomic E-state index is 5.61. The third kappa shape index (κ3) is 8.31. The van der Waals surface area contributed by atoms with Crippen molar-refractivity contribution in [2.24, 2.45) is 5.92 Å². The van der Waals surface area contributed by atoms with E-state index in [4.69, 9.17) is 9.47 Å². The van der Waals surface area contributed by atoms with Crippen molar-refractivity contribution in [2.75, 3.05) is 40.0 Å². The van der Waals surface area contributed by atoms with Gasteiger partial charge in [0, 0.05) is 20.2 Å². The Morgan fingerprint density at radius 2 is 1.60 bits per heavy atom. The Labute approximate surface area is 123 Å². The Bertz CT molecular complexity index is 335. The van der Waals surface area contributed by atoms with Crippen molar-refractivity contribution in [1.29, 1.82) is 0 Å². The summed E-state index contributed by atoms with van der Waals surface area (Å²) >= 11 is 0. The lowest BCUT2D eigenvalue weighted by Gasteiger charge is -2.08. The van der Waals surface area contributed by atoms with Crippen LogP contribution in [-0.2, 0) is 22.3 Å². The van der Waals surface area contributed by atoms with E-state index in [0.29, 0.717) is 0 Å². The predicted octanol–water partition coefficient (Wildman–Crippen LogP) is 2.68. The summed E-state index contributed by atoms with van der Waals surface area (Å²) in [6.07, 6.45) is 2.14. The largest absolute Gasteiger partial charge is 0.383 e. The standard InChI is InChI=1S/C17H29NO2/c1-15(2)14-17-6-4-16(5-7-17)8-11-20-13-10-18-9-12-19-3/h4-7,15,18H,8-14H2,1-3H3. The summed E-state index contributed by atoms with van der Waals surface area (Å²) in [7, 11) is 1.71. The van der Waals surface area contributed by atoms with Gasteiger partial charge >= 0.3 is 0 Å². The van der Waals surface area contributed by atoms with Gasteiger partial charge in [0.2, 0.25) is 0 Å². The molecule has 0 unspecified atom stereocenters. The molecule has 1 aromatic carbocycles. The maximum Gasteiger partial charge on any atom is 0.0591 e. The molecule has 3 nitrogen and oxygen atoms in total. The Kier molecular flexibility index (Phi) is 9.29. The molecule has 114 valence electrons. The van der Waals surface area contributed by atoms with Crippen LogP contribution in [0.1, 0.15) is 25.0 Å². The van der Waals surface area contributed by atoms with Gasteiger partial charge in [-0.05, 0) is 29.9 Å². The zero-order valence-electron chi connectivity index (χ0n) is 13.2. The minimum atomic E-state index is 0.717. The molecule has 1 rings (SSSR count). The zero-order valence-corrected chi connectivity index (χ0v) is 13.2. The maximum atomic E-state index is 5.61. The van der Waals surface area contributed by atoms with Crippen LogP contribution in [0.3, 0.4) is 0 Å². The number of methoxy groups -OCH3 is 1. The number of benzene rings is 1. The van der Waals surface area contributed by atoms with Gasteiger partial charge in [0.15, 0.2) is 0 Å². The molecule has 0 radical (unpaired) electrons. The van der Waals surface area contributed by atoms with Crippen LogP contribution in [0.25, 0.3) is 0 Å². The molecule has 0 aliphatic carbocycles. The van der Waals surface area contributed by atoms with Crippen LogP contribution in [0.5, 0.6) is 0 Å². The fourth-order valence-corrected chi connectivity index (χ4v) is 2.05. The van der Waals surface area contributed by atoms with Gasteiger partial charge in [-0.1, -0.05) is 38.1 Å². The Morgan fingerprint density at radius 1 is 0.950 bits per heavy atom. The van der Waals surface area contributed by atoms with Crippen molar-refractivity contribution in [3.8, 4) is 0 Å². The summed E-state index contributed by atoms with van der Waals surface area (Å²) in [5, 5.41) is 3.26. The highest BCUT2D eigenvalue weighted by atomic mass is 16.5. The molecular weight excluding hydrogens is 250 g/mol. The third-order valence-corrected chi connectivity index (χ3v) is 3.11. The van der Waals surface area contributed by atoms with E-state index in [1.807, 2.05) is 0 Å². The summed E-state index contributed by atoms with van der Waals surface area (Å²) in [4.78, 5) is 0. The van der Waals surface area contributed by atoms with E-state index in [1.54, 1.807) is 7.11 Å². The second kappa shape index (κ2) is 10.8. The van der Waals surface area contributed by atoms with E-state index in [0.717, 1.165) is 51.7 Å². The highest BCUT2D eigenvalue weighted by molar-refractivity contribution is 5.22. The summed E-state index contributed by atoms with van der Waals surface area (Å²) in [5.74, 6) is 0.717. The number of nitrogens with one attached hydrogen (secondary N) is 1. The average Bonchev–Trinajstić information content (AvgIpc) is 2.43. The molecule has 20 heavy (non-hydrogen) atoms. The summed E-state index contributed by atoms with van der Waals surface area (Å²) < 4.78 is 10.6. The van der Waals surface area contributed by atoms with Crippen molar-refractivity contribution < 1.29 is 9.47 Å². The first kappa shape index (κ1) is 17.2. The topological polar surface area (TPSA) is 30.5 Å². The number of rotatable bonds is 11. The molecule has 3 heteroatoms. The van der Waals surface area contributed by atoms with Crippen molar-refractivity contribution in [3.05, 3.63) is 35.4 Å². The van der Waals surface area contributed by atoms with E-state index in [-0.39, 0.29) is 0 Å². The van der Waals surface area contributed by atoms with E-state index in [9.17, 15) is 0 Å². The van der Waals surface area contributed by atoms with Gasteiger partial charge in [-0.3, -0.25) is 0 Å². The van der Waals surface area contributed by atoms with E-state index >= 15 is 0 Å². The molecule has 0 saturated carbocycles. The monoisotopic (exact) mass is 279 g/mol. The number of ether oxygens (including phenoxy) is 2. The predicted molar refractivity (Wildman–Crippen MR) is 84.3 cm³/mol. The Hall–Kier alpha value is -0.900. The van der Waals surface area contributed by atoms with Crippen molar-refractivity contribution in [2.45, 2.75) is 26.7 Å². The van der Waals surface area contributed by atoms with Crippen LogP contribution in [-0.4, -0.2) is 40.0 Å². The molecule has 0 spiro atoms. The van der Waals surface area contributed by atoms with Crippen molar-refractivity contribution >= 4 is 0 Å². The fourth-order valence-electron chi connectivity index (χ4n) is 2.05. The molecule has 1 aromatic rings. The van der Waals surface area contributed by atoms with Gasteiger partial charge in [0.1, 0.15) is 0 Å². The zero-order chi connectivity index (χ0) is 14.6. The van der Waals surface area contributed by atoms with Gasteiger partial charge in [-0.2, -0.15) is 0 Å². The first-order valence-corrected chi connectivity index (χ1v) is 7.57. The average molecular weight is 279 g/mol. The fraction of sp³-hybridized carbons (Fsp3) is 0.647. The molecule has 0 fully saturated rings. The lowest BCUT2D eigenvalue weighted by molar-refractivity contribution is 0.135. The number of hydrogen-bond acceptors (Lipinski definition) is 3. The normalized spacial score (nSPS) is 11.2. The Balaban J connectivity index is 2.07. The van der Waals surface area contributed by atoms with Gasteiger partial charge in [-0.15, -0.1) is 0 Å². The molecular formula is C17H29NO2. The van der Waals surface area contributed by atoms with Crippen LogP contribution in [0.4, 0.5) is 0 Å².